The van der Waals surface area contributed by atoms with Crippen molar-refractivity contribution < 1.29 is 14.7 Å². The van der Waals surface area contributed by atoms with Crippen LogP contribution in [-0.2, 0) is 9.59 Å². The quantitative estimate of drug-likeness (QED) is 0.783. The zero-order valence-corrected chi connectivity index (χ0v) is 12.5. The molecule has 2 saturated heterocycles. The van der Waals surface area contributed by atoms with Gasteiger partial charge in [0.25, 0.3) is 0 Å². The van der Waals surface area contributed by atoms with Crippen molar-refractivity contribution in [1.29, 1.82) is 0 Å². The number of hydrogen-bond donors (Lipinski definition) is 1. The van der Waals surface area contributed by atoms with Gasteiger partial charge in [-0.15, -0.1) is 0 Å². The molecule has 0 bridgehead atoms. The van der Waals surface area contributed by atoms with Gasteiger partial charge in [0.1, 0.15) is 0 Å². The van der Waals surface area contributed by atoms with E-state index in [0.717, 1.165) is 26.2 Å². The van der Waals surface area contributed by atoms with Crippen molar-refractivity contribution in [2.45, 2.75) is 19.8 Å². The minimum atomic E-state index is -0.727. The largest absolute Gasteiger partial charge is 0.481 e. The number of hydrogen-bond acceptors (Lipinski definition) is 4. The van der Waals surface area contributed by atoms with E-state index in [2.05, 4.69) is 11.9 Å². The van der Waals surface area contributed by atoms with Crippen molar-refractivity contribution >= 4 is 11.9 Å². The van der Waals surface area contributed by atoms with Crippen LogP contribution in [0.5, 0.6) is 0 Å². The van der Waals surface area contributed by atoms with E-state index in [4.69, 9.17) is 0 Å². The third-order valence-electron chi connectivity index (χ3n) is 4.78. The SMILES string of the molecule is CCC1(C(=O)O)CCN(CC(=O)N2CCN(C)CC2)C1. The van der Waals surface area contributed by atoms with Crippen LogP contribution in [0.3, 0.4) is 0 Å². The third kappa shape index (κ3) is 3.12. The maximum absolute atomic E-state index is 12.2. The van der Waals surface area contributed by atoms with Crippen LogP contribution in [0.25, 0.3) is 0 Å². The molecule has 2 rings (SSSR count). The van der Waals surface area contributed by atoms with Gasteiger partial charge in [0.05, 0.1) is 12.0 Å². The Morgan fingerprint density at radius 1 is 1.15 bits per heavy atom. The second kappa shape index (κ2) is 6.10. The predicted molar refractivity (Wildman–Crippen MR) is 75.5 cm³/mol. The van der Waals surface area contributed by atoms with Crippen LogP contribution in [0.4, 0.5) is 0 Å². The molecule has 0 radical (unpaired) electrons. The summed E-state index contributed by atoms with van der Waals surface area (Å²) >= 11 is 0. The molecule has 1 unspecified atom stereocenters. The maximum Gasteiger partial charge on any atom is 0.310 e. The van der Waals surface area contributed by atoms with Gasteiger partial charge >= 0.3 is 5.97 Å². The molecule has 2 fully saturated rings. The highest BCUT2D eigenvalue weighted by molar-refractivity contribution is 5.79. The first-order valence-electron chi connectivity index (χ1n) is 7.39. The fraction of sp³-hybridized carbons (Fsp3) is 0.857. The number of carbonyl (C=O) groups excluding carboxylic acids is 1. The number of piperazine rings is 1. The van der Waals surface area contributed by atoms with Gasteiger partial charge in [-0.3, -0.25) is 14.5 Å². The van der Waals surface area contributed by atoms with Gasteiger partial charge in [-0.05, 0) is 26.4 Å². The van der Waals surface area contributed by atoms with E-state index >= 15 is 0 Å². The van der Waals surface area contributed by atoms with Crippen LogP contribution < -0.4 is 0 Å². The zero-order chi connectivity index (χ0) is 14.8. The summed E-state index contributed by atoms with van der Waals surface area (Å²) in [5.74, 6) is -0.593. The number of carboxylic acids is 1. The summed E-state index contributed by atoms with van der Waals surface area (Å²) in [5, 5.41) is 9.37. The Morgan fingerprint density at radius 2 is 1.80 bits per heavy atom. The monoisotopic (exact) mass is 283 g/mol. The van der Waals surface area contributed by atoms with Crippen LogP contribution in [0.15, 0.2) is 0 Å². The molecule has 6 heteroatoms. The van der Waals surface area contributed by atoms with E-state index in [1.165, 1.54) is 0 Å². The molecular formula is C14H25N3O3. The summed E-state index contributed by atoms with van der Waals surface area (Å²) in [5.41, 5.74) is -0.650. The average Bonchev–Trinajstić information content (AvgIpc) is 2.84. The molecule has 0 aromatic heterocycles. The van der Waals surface area contributed by atoms with E-state index < -0.39 is 11.4 Å². The van der Waals surface area contributed by atoms with Gasteiger partial charge < -0.3 is 14.9 Å². The van der Waals surface area contributed by atoms with Crippen LogP contribution in [0.2, 0.25) is 0 Å². The molecule has 0 aliphatic carbocycles. The van der Waals surface area contributed by atoms with E-state index in [1.807, 2.05) is 16.7 Å². The number of rotatable bonds is 4. The van der Waals surface area contributed by atoms with Crippen molar-refractivity contribution in [3.8, 4) is 0 Å². The van der Waals surface area contributed by atoms with Crippen LogP contribution in [-0.4, -0.2) is 84.5 Å². The summed E-state index contributed by atoms with van der Waals surface area (Å²) < 4.78 is 0. The van der Waals surface area contributed by atoms with E-state index in [0.29, 0.717) is 32.5 Å². The number of carboxylic acid groups (broad SMARTS) is 1. The molecule has 0 saturated carbocycles. The van der Waals surface area contributed by atoms with Crippen molar-refractivity contribution in [2.75, 3.05) is 52.9 Å². The van der Waals surface area contributed by atoms with E-state index in [-0.39, 0.29) is 5.91 Å². The number of carbonyl (C=O) groups is 2. The molecule has 1 atom stereocenters. The lowest BCUT2D eigenvalue weighted by Crippen LogP contribution is -2.50. The van der Waals surface area contributed by atoms with Gasteiger partial charge in [-0.25, -0.2) is 0 Å². The van der Waals surface area contributed by atoms with Crippen molar-refractivity contribution in [3.63, 3.8) is 0 Å². The first kappa shape index (κ1) is 15.3. The number of aliphatic carboxylic acids is 1. The highest BCUT2D eigenvalue weighted by Crippen LogP contribution is 2.34. The Hall–Kier alpha value is -1.14. The molecule has 2 aliphatic rings. The molecule has 1 amide bonds. The molecule has 114 valence electrons. The van der Waals surface area contributed by atoms with Crippen LogP contribution in [0.1, 0.15) is 19.8 Å². The van der Waals surface area contributed by atoms with Crippen molar-refractivity contribution in [1.82, 2.24) is 14.7 Å². The summed E-state index contributed by atoms with van der Waals surface area (Å²) in [7, 11) is 2.06. The van der Waals surface area contributed by atoms with Gasteiger partial charge in [0, 0.05) is 32.7 Å². The Bertz CT molecular complexity index is 380. The van der Waals surface area contributed by atoms with E-state index in [1.54, 1.807) is 0 Å². The Balaban J connectivity index is 1.86. The summed E-state index contributed by atoms with van der Waals surface area (Å²) in [6, 6.07) is 0. The fourth-order valence-electron chi connectivity index (χ4n) is 3.05. The summed E-state index contributed by atoms with van der Waals surface area (Å²) in [6.45, 7) is 6.87. The molecule has 1 N–H and O–H groups in total. The zero-order valence-electron chi connectivity index (χ0n) is 12.5. The second-order valence-electron chi connectivity index (χ2n) is 6.08. The molecule has 6 nitrogen and oxygen atoms in total. The van der Waals surface area contributed by atoms with Gasteiger partial charge in [0.15, 0.2) is 0 Å². The Kier molecular flexibility index (Phi) is 4.65. The molecule has 2 heterocycles. The normalized spacial score (nSPS) is 28.8. The summed E-state index contributed by atoms with van der Waals surface area (Å²) in [6.07, 6.45) is 1.27. The van der Waals surface area contributed by atoms with Gasteiger partial charge in [-0.2, -0.15) is 0 Å². The average molecular weight is 283 g/mol. The first-order chi connectivity index (χ1) is 9.47. The highest BCUT2D eigenvalue weighted by atomic mass is 16.4. The molecule has 20 heavy (non-hydrogen) atoms. The topological polar surface area (TPSA) is 64.1 Å². The lowest BCUT2D eigenvalue weighted by molar-refractivity contribution is -0.148. The lowest BCUT2D eigenvalue weighted by Gasteiger charge is -2.33. The number of likely N-dealkylation sites (tertiary alicyclic amines) is 1. The Labute approximate surface area is 120 Å². The Morgan fingerprint density at radius 3 is 2.30 bits per heavy atom. The number of amides is 1. The lowest BCUT2D eigenvalue weighted by atomic mass is 9.84. The molecule has 0 aromatic rings. The molecular weight excluding hydrogens is 258 g/mol. The number of nitrogens with zero attached hydrogens (tertiary/aromatic N) is 3. The van der Waals surface area contributed by atoms with Crippen molar-refractivity contribution in [3.05, 3.63) is 0 Å². The van der Waals surface area contributed by atoms with Crippen LogP contribution in [0, 0.1) is 5.41 Å². The molecule has 2 aliphatic heterocycles. The van der Waals surface area contributed by atoms with Gasteiger partial charge in [-0.1, -0.05) is 6.92 Å². The molecule has 0 spiro atoms. The van der Waals surface area contributed by atoms with Crippen LogP contribution >= 0.6 is 0 Å². The van der Waals surface area contributed by atoms with E-state index in [9.17, 15) is 14.7 Å². The predicted octanol–water partition coefficient (Wildman–Crippen LogP) is -0.0529. The minimum Gasteiger partial charge on any atom is -0.481 e. The maximum atomic E-state index is 12.2. The van der Waals surface area contributed by atoms with Gasteiger partial charge in [0.2, 0.25) is 5.91 Å². The fourth-order valence-corrected chi connectivity index (χ4v) is 3.05. The standard InChI is InChI=1S/C14H25N3O3/c1-3-14(13(19)20)4-5-16(11-14)10-12(18)17-8-6-15(2)7-9-17/h3-11H2,1-2H3,(H,19,20). The summed E-state index contributed by atoms with van der Waals surface area (Å²) in [4.78, 5) is 29.8. The second-order valence-corrected chi connectivity index (χ2v) is 6.08. The molecule has 0 aromatic carbocycles. The first-order valence-corrected chi connectivity index (χ1v) is 7.39. The van der Waals surface area contributed by atoms with Crippen molar-refractivity contribution in [2.24, 2.45) is 5.41 Å². The third-order valence-corrected chi connectivity index (χ3v) is 4.78. The smallest absolute Gasteiger partial charge is 0.310 e. The minimum absolute atomic E-state index is 0.135. The highest BCUT2D eigenvalue weighted by Gasteiger charge is 2.43. The number of likely N-dealkylation sites (N-methyl/N-ethyl adjacent to an activating group) is 1.